The summed E-state index contributed by atoms with van der Waals surface area (Å²) in [5, 5.41) is 3.39. The number of para-hydroxylation sites is 1. The highest BCUT2D eigenvalue weighted by Crippen LogP contribution is 2.33. The Labute approximate surface area is 170 Å². The molecule has 0 spiro atoms. The molecule has 0 saturated carbocycles. The van der Waals surface area contributed by atoms with Gasteiger partial charge in [0.25, 0.3) is 0 Å². The van der Waals surface area contributed by atoms with Crippen molar-refractivity contribution in [3.8, 4) is 11.3 Å². The predicted octanol–water partition coefficient (Wildman–Crippen LogP) is 5.43. The Hall–Kier alpha value is -3.60. The van der Waals surface area contributed by atoms with E-state index < -0.39 is 0 Å². The monoisotopic (exact) mass is 382 g/mol. The zero-order valence-electron chi connectivity index (χ0n) is 16.1. The summed E-state index contributed by atoms with van der Waals surface area (Å²) < 4.78 is 5.45. The second kappa shape index (κ2) is 7.80. The van der Waals surface area contributed by atoms with Gasteiger partial charge in [0.15, 0.2) is 0 Å². The largest absolute Gasteiger partial charge is 0.467 e. The SMILES string of the molecule is c1ccc(-c2cc(NCc3ccco3)nc(N3CCCc4ccccc43)n2)cc1. The molecule has 0 fully saturated rings. The van der Waals surface area contributed by atoms with Crippen LogP contribution in [0.2, 0.25) is 0 Å². The van der Waals surface area contributed by atoms with Crippen LogP contribution in [-0.2, 0) is 13.0 Å². The average Bonchev–Trinajstić information content (AvgIpc) is 3.31. The molecule has 1 N–H and O–H groups in total. The molecule has 0 aliphatic carbocycles. The second-order valence-corrected chi connectivity index (χ2v) is 7.12. The van der Waals surface area contributed by atoms with Crippen LogP contribution < -0.4 is 10.2 Å². The van der Waals surface area contributed by atoms with E-state index in [1.165, 1.54) is 11.3 Å². The van der Waals surface area contributed by atoms with Crippen LogP contribution in [0.15, 0.2) is 83.5 Å². The molecule has 2 aromatic heterocycles. The molecule has 0 saturated heterocycles. The van der Waals surface area contributed by atoms with E-state index >= 15 is 0 Å². The van der Waals surface area contributed by atoms with Gasteiger partial charge in [-0.3, -0.25) is 0 Å². The lowest BCUT2D eigenvalue weighted by Gasteiger charge is -2.30. The van der Waals surface area contributed by atoms with Gasteiger partial charge in [-0.2, -0.15) is 4.98 Å². The number of hydrogen-bond donors (Lipinski definition) is 1. The van der Waals surface area contributed by atoms with Crippen LogP contribution in [0.1, 0.15) is 17.7 Å². The molecule has 29 heavy (non-hydrogen) atoms. The Morgan fingerprint density at radius 1 is 0.931 bits per heavy atom. The van der Waals surface area contributed by atoms with Gasteiger partial charge in [0.2, 0.25) is 5.95 Å². The molecular formula is C24H22N4O. The van der Waals surface area contributed by atoms with Crippen molar-refractivity contribution in [1.82, 2.24) is 9.97 Å². The van der Waals surface area contributed by atoms with Gasteiger partial charge in [-0.1, -0.05) is 48.5 Å². The summed E-state index contributed by atoms with van der Waals surface area (Å²) in [6.45, 7) is 1.49. The molecule has 144 valence electrons. The van der Waals surface area contributed by atoms with Crippen LogP contribution in [0.3, 0.4) is 0 Å². The van der Waals surface area contributed by atoms with Crippen LogP contribution in [-0.4, -0.2) is 16.5 Å². The maximum atomic E-state index is 5.45. The van der Waals surface area contributed by atoms with Gasteiger partial charge in [-0.25, -0.2) is 4.98 Å². The minimum Gasteiger partial charge on any atom is -0.467 e. The summed E-state index contributed by atoms with van der Waals surface area (Å²) in [7, 11) is 0. The van der Waals surface area contributed by atoms with E-state index in [9.17, 15) is 0 Å². The van der Waals surface area contributed by atoms with E-state index in [0.717, 1.165) is 48.2 Å². The number of hydrogen-bond acceptors (Lipinski definition) is 5. The molecule has 2 aromatic carbocycles. The first-order valence-electron chi connectivity index (χ1n) is 9.93. The Morgan fingerprint density at radius 3 is 2.66 bits per heavy atom. The molecule has 0 atom stereocenters. The van der Waals surface area contributed by atoms with Gasteiger partial charge in [0.05, 0.1) is 18.5 Å². The highest BCUT2D eigenvalue weighted by molar-refractivity contribution is 5.69. The summed E-state index contributed by atoms with van der Waals surface area (Å²) in [6.07, 6.45) is 3.86. The number of aromatic nitrogens is 2. The smallest absolute Gasteiger partial charge is 0.232 e. The summed E-state index contributed by atoms with van der Waals surface area (Å²) in [4.78, 5) is 12.0. The number of rotatable bonds is 5. The van der Waals surface area contributed by atoms with Crippen molar-refractivity contribution in [2.24, 2.45) is 0 Å². The Bertz CT molecular complexity index is 1090. The zero-order valence-corrected chi connectivity index (χ0v) is 16.1. The molecular weight excluding hydrogens is 360 g/mol. The topological polar surface area (TPSA) is 54.2 Å². The van der Waals surface area contributed by atoms with E-state index in [0.29, 0.717) is 6.54 Å². The Kier molecular flexibility index (Phi) is 4.70. The zero-order chi connectivity index (χ0) is 19.5. The molecule has 0 unspecified atom stereocenters. The van der Waals surface area contributed by atoms with Gasteiger partial charge >= 0.3 is 0 Å². The number of aryl methyl sites for hydroxylation is 1. The minimum atomic E-state index is 0.578. The Morgan fingerprint density at radius 2 is 1.79 bits per heavy atom. The van der Waals surface area contributed by atoms with Gasteiger partial charge in [0.1, 0.15) is 11.6 Å². The molecule has 1 aliphatic heterocycles. The van der Waals surface area contributed by atoms with E-state index in [2.05, 4.69) is 46.6 Å². The van der Waals surface area contributed by atoms with Crippen LogP contribution >= 0.6 is 0 Å². The number of nitrogens with one attached hydrogen (secondary N) is 1. The number of nitrogens with zero attached hydrogens (tertiary/aromatic N) is 3. The summed E-state index contributed by atoms with van der Waals surface area (Å²) in [5.74, 6) is 2.38. The molecule has 5 heteroatoms. The van der Waals surface area contributed by atoms with E-state index in [-0.39, 0.29) is 0 Å². The average molecular weight is 382 g/mol. The highest BCUT2D eigenvalue weighted by atomic mass is 16.3. The number of furan rings is 1. The quantitative estimate of drug-likeness (QED) is 0.499. The van der Waals surface area contributed by atoms with Crippen LogP contribution in [0.4, 0.5) is 17.5 Å². The fraction of sp³-hybridized carbons (Fsp3) is 0.167. The third-order valence-electron chi connectivity index (χ3n) is 5.16. The lowest BCUT2D eigenvalue weighted by atomic mass is 10.0. The molecule has 5 nitrogen and oxygen atoms in total. The minimum absolute atomic E-state index is 0.578. The van der Waals surface area contributed by atoms with Gasteiger partial charge in [-0.15, -0.1) is 0 Å². The standard InChI is InChI=1S/C24H22N4O/c1-2-8-18(9-3-1)21-16-23(25-17-20-12-7-15-29-20)27-24(26-21)28-14-6-11-19-10-4-5-13-22(19)28/h1-5,7-10,12-13,15-16H,6,11,14,17H2,(H,25,26,27). The summed E-state index contributed by atoms with van der Waals surface area (Å²) >= 11 is 0. The molecule has 5 rings (SSSR count). The van der Waals surface area contributed by atoms with E-state index in [4.69, 9.17) is 14.4 Å². The number of fused-ring (bicyclic) bond motifs is 1. The lowest BCUT2D eigenvalue weighted by molar-refractivity contribution is 0.518. The van der Waals surface area contributed by atoms with Gasteiger partial charge in [-0.05, 0) is 36.6 Å². The molecule has 0 amide bonds. The number of benzene rings is 2. The van der Waals surface area contributed by atoms with Crippen molar-refractivity contribution >= 4 is 17.5 Å². The third kappa shape index (κ3) is 3.72. The van der Waals surface area contributed by atoms with Crippen molar-refractivity contribution in [3.63, 3.8) is 0 Å². The maximum Gasteiger partial charge on any atom is 0.232 e. The molecule has 0 bridgehead atoms. The first-order valence-corrected chi connectivity index (χ1v) is 9.93. The van der Waals surface area contributed by atoms with Crippen molar-refractivity contribution in [2.75, 3.05) is 16.8 Å². The molecule has 4 aromatic rings. The fourth-order valence-corrected chi connectivity index (χ4v) is 3.73. The third-order valence-corrected chi connectivity index (χ3v) is 5.16. The molecule has 0 radical (unpaired) electrons. The first-order chi connectivity index (χ1) is 14.4. The van der Waals surface area contributed by atoms with Gasteiger partial charge < -0.3 is 14.6 Å². The summed E-state index contributed by atoms with van der Waals surface area (Å²) in [5.41, 5.74) is 4.52. The Balaban J connectivity index is 1.55. The first kappa shape index (κ1) is 17.5. The van der Waals surface area contributed by atoms with Gasteiger partial charge in [0, 0.05) is 23.9 Å². The second-order valence-electron chi connectivity index (χ2n) is 7.12. The van der Waals surface area contributed by atoms with Crippen molar-refractivity contribution < 1.29 is 4.42 Å². The van der Waals surface area contributed by atoms with Crippen LogP contribution in [0.25, 0.3) is 11.3 Å². The lowest BCUT2D eigenvalue weighted by Crippen LogP contribution is -2.26. The van der Waals surface area contributed by atoms with E-state index in [1.807, 2.05) is 36.4 Å². The van der Waals surface area contributed by atoms with Crippen LogP contribution in [0.5, 0.6) is 0 Å². The highest BCUT2D eigenvalue weighted by Gasteiger charge is 2.21. The van der Waals surface area contributed by atoms with Crippen LogP contribution in [0, 0.1) is 0 Å². The van der Waals surface area contributed by atoms with Crippen molar-refractivity contribution in [3.05, 3.63) is 90.4 Å². The fourth-order valence-electron chi connectivity index (χ4n) is 3.73. The van der Waals surface area contributed by atoms with E-state index in [1.54, 1.807) is 6.26 Å². The predicted molar refractivity (Wildman–Crippen MR) is 115 cm³/mol. The van der Waals surface area contributed by atoms with Crippen molar-refractivity contribution in [1.29, 1.82) is 0 Å². The summed E-state index contributed by atoms with van der Waals surface area (Å²) in [6, 6.07) is 24.6. The number of anilines is 3. The maximum absolute atomic E-state index is 5.45. The molecule has 1 aliphatic rings. The normalized spacial score (nSPS) is 13.2. The molecule has 3 heterocycles. The van der Waals surface area contributed by atoms with Crippen molar-refractivity contribution in [2.45, 2.75) is 19.4 Å².